The lowest BCUT2D eigenvalue weighted by molar-refractivity contribution is -0.384. The van der Waals surface area contributed by atoms with E-state index >= 15 is 0 Å². The number of non-ortho nitro benzene ring substituents is 1. The largest absolute Gasteiger partial charge is 0.495 e. The topological polar surface area (TPSA) is 124 Å². The molecule has 0 spiro atoms. The summed E-state index contributed by atoms with van der Waals surface area (Å²) in [6.45, 7) is -0.219. The summed E-state index contributed by atoms with van der Waals surface area (Å²) in [4.78, 5) is 22.5. The van der Waals surface area contributed by atoms with E-state index in [2.05, 4.69) is 15.8 Å². The predicted octanol–water partition coefficient (Wildman–Crippen LogP) is 4.08. The average molecular weight is 450 g/mol. The molecule has 0 aromatic heterocycles. The number of para-hydroxylation sites is 2. The number of methoxy groups -OCH3 is 2. The number of carbonyl (C=O) groups excluding carboxylic acids is 1. The number of rotatable bonds is 10. The minimum atomic E-state index is -0.467. The quantitative estimate of drug-likeness (QED) is 0.271. The van der Waals surface area contributed by atoms with Gasteiger partial charge in [-0.1, -0.05) is 12.1 Å². The van der Waals surface area contributed by atoms with Crippen LogP contribution >= 0.6 is 0 Å². The first-order chi connectivity index (χ1) is 16.0. The Morgan fingerprint density at radius 3 is 2.42 bits per heavy atom. The number of carbonyl (C=O) groups is 1. The Morgan fingerprint density at radius 2 is 1.73 bits per heavy atom. The fourth-order valence-electron chi connectivity index (χ4n) is 2.80. The zero-order valence-corrected chi connectivity index (χ0v) is 18.0. The standard InChI is InChI=1S/C23H22N4O6/c1-31-20-6-4-3-5-19(20)25-23(28)15-33-21-12-7-16(13-22(21)32-2)14-24-26-17-8-10-18(11-9-17)27(29)30/h3-14,26H,15H2,1-2H3,(H,25,28)/b24-14+. The fourth-order valence-corrected chi connectivity index (χ4v) is 2.80. The third-order valence-electron chi connectivity index (χ3n) is 4.41. The highest BCUT2D eigenvalue weighted by Gasteiger charge is 2.11. The molecule has 3 aromatic rings. The highest BCUT2D eigenvalue weighted by Crippen LogP contribution is 2.28. The van der Waals surface area contributed by atoms with Crippen LogP contribution in [-0.4, -0.2) is 37.9 Å². The second kappa shape index (κ2) is 11.1. The Morgan fingerprint density at radius 1 is 1.00 bits per heavy atom. The lowest BCUT2D eigenvalue weighted by Crippen LogP contribution is -2.20. The van der Waals surface area contributed by atoms with Crippen molar-refractivity contribution in [2.75, 3.05) is 31.6 Å². The van der Waals surface area contributed by atoms with Crippen molar-refractivity contribution in [1.29, 1.82) is 0 Å². The monoisotopic (exact) mass is 450 g/mol. The summed E-state index contributed by atoms with van der Waals surface area (Å²) in [6.07, 6.45) is 1.56. The molecule has 170 valence electrons. The Labute approximate surface area is 189 Å². The average Bonchev–Trinajstić information content (AvgIpc) is 2.83. The Kier molecular flexibility index (Phi) is 7.79. The maximum Gasteiger partial charge on any atom is 0.269 e. The van der Waals surface area contributed by atoms with Crippen molar-refractivity contribution in [2.45, 2.75) is 0 Å². The number of hydrogen-bond acceptors (Lipinski definition) is 8. The molecule has 0 unspecified atom stereocenters. The van der Waals surface area contributed by atoms with Crippen molar-refractivity contribution < 1.29 is 23.9 Å². The van der Waals surface area contributed by atoms with Gasteiger partial charge in [0.05, 0.1) is 36.7 Å². The SMILES string of the molecule is COc1ccccc1NC(=O)COc1ccc(/C=N/Nc2ccc([N+](=O)[O-])cc2)cc1OC. The predicted molar refractivity (Wildman–Crippen MR) is 124 cm³/mol. The first-order valence-electron chi connectivity index (χ1n) is 9.77. The van der Waals surface area contributed by atoms with Gasteiger partial charge in [0.1, 0.15) is 5.75 Å². The van der Waals surface area contributed by atoms with Crippen LogP contribution in [0.2, 0.25) is 0 Å². The number of nitrogens with zero attached hydrogens (tertiary/aromatic N) is 2. The number of hydrogen-bond donors (Lipinski definition) is 2. The molecule has 0 saturated heterocycles. The molecular weight excluding hydrogens is 428 g/mol. The van der Waals surface area contributed by atoms with Crippen molar-refractivity contribution in [3.8, 4) is 17.2 Å². The molecule has 0 aliphatic heterocycles. The van der Waals surface area contributed by atoms with Crippen molar-refractivity contribution in [2.24, 2.45) is 5.10 Å². The first-order valence-corrected chi connectivity index (χ1v) is 9.77. The number of benzene rings is 3. The zero-order chi connectivity index (χ0) is 23.6. The van der Waals surface area contributed by atoms with E-state index in [1.807, 2.05) is 6.07 Å². The van der Waals surface area contributed by atoms with E-state index in [0.29, 0.717) is 34.2 Å². The van der Waals surface area contributed by atoms with Gasteiger partial charge in [-0.15, -0.1) is 0 Å². The summed E-state index contributed by atoms with van der Waals surface area (Å²) in [5.74, 6) is 1.03. The van der Waals surface area contributed by atoms with Crippen molar-refractivity contribution in [3.63, 3.8) is 0 Å². The Balaban J connectivity index is 1.58. The maximum atomic E-state index is 12.3. The van der Waals surface area contributed by atoms with E-state index in [0.717, 1.165) is 0 Å². The molecule has 3 rings (SSSR count). The van der Waals surface area contributed by atoms with Crippen LogP contribution in [0.25, 0.3) is 0 Å². The van der Waals surface area contributed by atoms with Gasteiger partial charge in [0.25, 0.3) is 11.6 Å². The molecular formula is C23H22N4O6. The highest BCUT2D eigenvalue weighted by molar-refractivity contribution is 5.93. The number of nitro groups is 1. The van der Waals surface area contributed by atoms with Gasteiger partial charge in [-0.05, 0) is 48.0 Å². The summed E-state index contributed by atoms with van der Waals surface area (Å²) in [6, 6.07) is 18.1. The van der Waals surface area contributed by atoms with Gasteiger partial charge in [-0.25, -0.2) is 0 Å². The van der Waals surface area contributed by atoms with Crippen LogP contribution in [0.15, 0.2) is 71.8 Å². The molecule has 0 radical (unpaired) electrons. The molecule has 10 heteroatoms. The summed E-state index contributed by atoms with van der Waals surface area (Å²) in [5, 5.41) is 17.5. The molecule has 3 aromatic carbocycles. The third-order valence-corrected chi connectivity index (χ3v) is 4.41. The summed E-state index contributed by atoms with van der Waals surface area (Å²) in [5.41, 5.74) is 4.66. The molecule has 0 bridgehead atoms. The normalized spacial score (nSPS) is 10.5. The third kappa shape index (κ3) is 6.44. The van der Waals surface area contributed by atoms with Crippen molar-refractivity contribution in [1.82, 2.24) is 0 Å². The van der Waals surface area contributed by atoms with Crippen LogP contribution in [-0.2, 0) is 4.79 Å². The lowest BCUT2D eigenvalue weighted by atomic mass is 10.2. The van der Waals surface area contributed by atoms with Crippen LogP contribution in [0.5, 0.6) is 17.2 Å². The number of nitrogens with one attached hydrogen (secondary N) is 2. The number of ether oxygens (including phenoxy) is 3. The molecule has 0 heterocycles. The van der Waals surface area contributed by atoms with E-state index in [4.69, 9.17) is 14.2 Å². The summed E-state index contributed by atoms with van der Waals surface area (Å²) >= 11 is 0. The number of anilines is 2. The highest BCUT2D eigenvalue weighted by atomic mass is 16.6. The van der Waals surface area contributed by atoms with Crippen molar-refractivity contribution >= 4 is 29.2 Å². The van der Waals surface area contributed by atoms with Gasteiger partial charge in [0, 0.05) is 12.1 Å². The number of nitro benzene ring substituents is 1. The van der Waals surface area contributed by atoms with Gasteiger partial charge in [-0.2, -0.15) is 5.10 Å². The first kappa shape index (κ1) is 23.1. The summed E-state index contributed by atoms with van der Waals surface area (Å²) < 4.78 is 16.2. The van der Waals surface area contributed by atoms with Gasteiger partial charge >= 0.3 is 0 Å². The maximum absolute atomic E-state index is 12.3. The van der Waals surface area contributed by atoms with Crippen LogP contribution in [0.4, 0.5) is 17.1 Å². The molecule has 2 N–H and O–H groups in total. The molecule has 0 fully saturated rings. The minimum Gasteiger partial charge on any atom is -0.495 e. The van der Waals surface area contributed by atoms with E-state index in [1.54, 1.807) is 54.7 Å². The minimum absolute atomic E-state index is 0.00134. The molecule has 0 saturated carbocycles. The van der Waals surface area contributed by atoms with Gasteiger partial charge in [-0.3, -0.25) is 20.3 Å². The smallest absolute Gasteiger partial charge is 0.269 e. The zero-order valence-electron chi connectivity index (χ0n) is 18.0. The van der Waals surface area contributed by atoms with Crippen LogP contribution in [0.3, 0.4) is 0 Å². The molecule has 1 amide bonds. The number of hydrazone groups is 1. The van der Waals surface area contributed by atoms with Crippen LogP contribution in [0.1, 0.15) is 5.56 Å². The molecule has 0 atom stereocenters. The summed E-state index contributed by atoms with van der Waals surface area (Å²) in [7, 11) is 3.02. The fraction of sp³-hybridized carbons (Fsp3) is 0.130. The van der Waals surface area contributed by atoms with E-state index in [1.165, 1.54) is 26.4 Å². The second-order valence-electron chi connectivity index (χ2n) is 6.62. The van der Waals surface area contributed by atoms with E-state index in [-0.39, 0.29) is 18.2 Å². The van der Waals surface area contributed by atoms with Gasteiger partial charge < -0.3 is 19.5 Å². The van der Waals surface area contributed by atoms with Gasteiger partial charge in [0.2, 0.25) is 0 Å². The molecule has 10 nitrogen and oxygen atoms in total. The van der Waals surface area contributed by atoms with Crippen molar-refractivity contribution in [3.05, 3.63) is 82.4 Å². The second-order valence-corrected chi connectivity index (χ2v) is 6.62. The van der Waals surface area contributed by atoms with Gasteiger partial charge in [0.15, 0.2) is 18.1 Å². The molecule has 0 aliphatic carbocycles. The Bertz CT molecular complexity index is 1150. The van der Waals surface area contributed by atoms with E-state index < -0.39 is 4.92 Å². The van der Waals surface area contributed by atoms with E-state index in [9.17, 15) is 14.9 Å². The van der Waals surface area contributed by atoms with Crippen LogP contribution in [0, 0.1) is 10.1 Å². The molecule has 0 aliphatic rings. The Hall–Kier alpha value is -4.60. The molecule has 33 heavy (non-hydrogen) atoms. The van der Waals surface area contributed by atoms with Crippen LogP contribution < -0.4 is 25.0 Å². The number of amides is 1. The lowest BCUT2D eigenvalue weighted by Gasteiger charge is -2.12.